The highest BCUT2D eigenvalue weighted by Crippen LogP contribution is 2.27. The molecule has 130 valence electrons. The summed E-state index contributed by atoms with van der Waals surface area (Å²) in [6, 6.07) is 13.2. The first-order chi connectivity index (χ1) is 12.0. The average Bonchev–Trinajstić information content (AvgIpc) is 2.61. The van der Waals surface area contributed by atoms with Gasteiger partial charge in [-0.15, -0.1) is 0 Å². The van der Waals surface area contributed by atoms with Crippen LogP contribution in [0.1, 0.15) is 16.7 Å². The van der Waals surface area contributed by atoms with Crippen molar-refractivity contribution in [3.8, 4) is 17.6 Å². The number of amides is 1. The number of rotatable bonds is 6. The molecule has 0 bridgehead atoms. The van der Waals surface area contributed by atoms with Crippen molar-refractivity contribution in [2.24, 2.45) is 5.92 Å². The molecule has 0 aliphatic rings. The molecule has 0 aliphatic carbocycles. The van der Waals surface area contributed by atoms with E-state index in [0.717, 1.165) is 16.7 Å². The van der Waals surface area contributed by atoms with Crippen LogP contribution in [0.2, 0.25) is 0 Å². The zero-order valence-electron chi connectivity index (χ0n) is 14.9. The van der Waals surface area contributed by atoms with Gasteiger partial charge >= 0.3 is 0 Å². The predicted octanol–water partition coefficient (Wildman–Crippen LogP) is 3.64. The molecule has 1 N–H and O–H groups in total. The number of benzene rings is 2. The minimum atomic E-state index is -0.832. The molecule has 0 aromatic heterocycles. The highest BCUT2D eigenvalue weighted by atomic mass is 16.5. The zero-order valence-corrected chi connectivity index (χ0v) is 14.9. The van der Waals surface area contributed by atoms with Gasteiger partial charge in [-0.05, 0) is 49.2 Å². The Morgan fingerprint density at radius 3 is 2.52 bits per heavy atom. The van der Waals surface area contributed by atoms with Gasteiger partial charge in [0.25, 0.3) is 0 Å². The first-order valence-corrected chi connectivity index (χ1v) is 7.97. The maximum Gasteiger partial charge on any atom is 0.242 e. The molecule has 0 fully saturated rings. The van der Waals surface area contributed by atoms with Gasteiger partial charge in [0, 0.05) is 12.1 Å². The Kier molecular flexibility index (Phi) is 6.02. The number of ether oxygens (including phenoxy) is 2. The molecule has 2 aromatic rings. The van der Waals surface area contributed by atoms with Gasteiger partial charge in [-0.3, -0.25) is 4.79 Å². The summed E-state index contributed by atoms with van der Waals surface area (Å²) in [7, 11) is 3.13. The van der Waals surface area contributed by atoms with Crippen molar-refractivity contribution in [3.05, 3.63) is 53.1 Å². The Labute approximate surface area is 148 Å². The third-order valence-electron chi connectivity index (χ3n) is 4.02. The number of carbonyl (C=O) groups is 1. The summed E-state index contributed by atoms with van der Waals surface area (Å²) < 4.78 is 10.5. The molecule has 2 rings (SSSR count). The van der Waals surface area contributed by atoms with Crippen LogP contribution in [-0.4, -0.2) is 20.1 Å². The Balaban J connectivity index is 2.19. The van der Waals surface area contributed by atoms with Gasteiger partial charge < -0.3 is 14.8 Å². The molecule has 0 aliphatic heterocycles. The maximum atomic E-state index is 12.5. The van der Waals surface area contributed by atoms with Gasteiger partial charge in [0.2, 0.25) is 5.91 Å². The number of hydrogen-bond donors (Lipinski definition) is 1. The van der Waals surface area contributed by atoms with Crippen molar-refractivity contribution in [3.63, 3.8) is 0 Å². The minimum Gasteiger partial charge on any atom is -0.497 e. The summed E-state index contributed by atoms with van der Waals surface area (Å²) in [5, 5.41) is 12.3. The Morgan fingerprint density at radius 2 is 1.92 bits per heavy atom. The lowest BCUT2D eigenvalue weighted by Gasteiger charge is -2.15. The predicted molar refractivity (Wildman–Crippen MR) is 96.9 cm³/mol. The maximum absolute atomic E-state index is 12.5. The van der Waals surface area contributed by atoms with Crippen LogP contribution < -0.4 is 14.8 Å². The molecule has 2 aromatic carbocycles. The highest BCUT2D eigenvalue weighted by molar-refractivity contribution is 5.95. The van der Waals surface area contributed by atoms with E-state index in [9.17, 15) is 10.1 Å². The van der Waals surface area contributed by atoms with E-state index >= 15 is 0 Å². The van der Waals surface area contributed by atoms with Gasteiger partial charge in [-0.25, -0.2) is 0 Å². The number of hydrogen-bond acceptors (Lipinski definition) is 4. The fourth-order valence-corrected chi connectivity index (χ4v) is 2.63. The van der Waals surface area contributed by atoms with Crippen molar-refractivity contribution in [1.29, 1.82) is 5.26 Å². The zero-order chi connectivity index (χ0) is 18.4. The fourth-order valence-electron chi connectivity index (χ4n) is 2.63. The van der Waals surface area contributed by atoms with Crippen molar-refractivity contribution in [2.75, 3.05) is 19.5 Å². The largest absolute Gasteiger partial charge is 0.497 e. The summed E-state index contributed by atoms with van der Waals surface area (Å²) >= 11 is 0. The van der Waals surface area contributed by atoms with E-state index in [-0.39, 0.29) is 12.3 Å². The number of nitrogens with one attached hydrogen (secondary N) is 1. The summed E-state index contributed by atoms with van der Waals surface area (Å²) in [4.78, 5) is 12.5. The third-order valence-corrected chi connectivity index (χ3v) is 4.02. The van der Waals surface area contributed by atoms with E-state index in [1.54, 1.807) is 32.4 Å². The van der Waals surface area contributed by atoms with Gasteiger partial charge in [-0.1, -0.05) is 17.7 Å². The van der Waals surface area contributed by atoms with E-state index in [1.807, 2.05) is 32.0 Å². The fraction of sp³-hybridized carbons (Fsp3) is 0.300. The molecule has 1 amide bonds. The normalized spacial score (nSPS) is 11.3. The van der Waals surface area contributed by atoms with E-state index in [1.165, 1.54) is 0 Å². The van der Waals surface area contributed by atoms with Crippen molar-refractivity contribution in [2.45, 2.75) is 20.3 Å². The second-order valence-electron chi connectivity index (χ2n) is 5.87. The topological polar surface area (TPSA) is 71.3 Å². The summed E-state index contributed by atoms with van der Waals surface area (Å²) in [6.45, 7) is 3.92. The molecule has 0 heterocycles. The van der Waals surface area contributed by atoms with Crippen molar-refractivity contribution in [1.82, 2.24) is 0 Å². The van der Waals surface area contributed by atoms with Gasteiger partial charge in [-0.2, -0.15) is 5.26 Å². The first kappa shape index (κ1) is 18.3. The third kappa shape index (κ3) is 4.51. The van der Waals surface area contributed by atoms with Crippen LogP contribution in [-0.2, 0) is 11.2 Å². The van der Waals surface area contributed by atoms with Crippen LogP contribution >= 0.6 is 0 Å². The molecule has 5 heteroatoms. The Hall–Kier alpha value is -3.00. The minimum absolute atomic E-state index is 0.244. The summed E-state index contributed by atoms with van der Waals surface area (Å²) in [5.74, 6) is 0.115. The number of nitrogens with zero attached hydrogens (tertiary/aromatic N) is 1. The lowest BCUT2D eigenvalue weighted by Crippen LogP contribution is -2.24. The summed E-state index contributed by atoms with van der Waals surface area (Å²) in [5.41, 5.74) is 3.55. The number of carbonyl (C=O) groups excluding carboxylic acids is 1. The van der Waals surface area contributed by atoms with Crippen molar-refractivity contribution >= 4 is 11.6 Å². The standard InChI is InChI=1S/C20H22N2O3/c1-13-5-7-18(14(2)9-13)22-20(23)16(12-21)10-15-11-17(24-3)6-8-19(15)25-4/h5-9,11,16H,10H2,1-4H3,(H,22,23)/t16-/m1/s1. The number of anilines is 1. The van der Waals surface area contributed by atoms with E-state index in [2.05, 4.69) is 11.4 Å². The second kappa shape index (κ2) is 8.20. The molecular formula is C20H22N2O3. The van der Waals surface area contributed by atoms with Crippen LogP contribution in [0.5, 0.6) is 11.5 Å². The lowest BCUT2D eigenvalue weighted by atomic mass is 9.98. The van der Waals surface area contributed by atoms with Crippen molar-refractivity contribution < 1.29 is 14.3 Å². The molecule has 1 atom stereocenters. The van der Waals surface area contributed by atoms with Crippen LogP contribution in [0.3, 0.4) is 0 Å². The quantitative estimate of drug-likeness (QED) is 0.873. The Morgan fingerprint density at radius 1 is 1.16 bits per heavy atom. The molecule has 0 saturated carbocycles. The molecule has 5 nitrogen and oxygen atoms in total. The van der Waals surface area contributed by atoms with Crippen LogP contribution in [0.25, 0.3) is 0 Å². The molecule has 0 radical (unpaired) electrons. The molecular weight excluding hydrogens is 316 g/mol. The molecule has 0 saturated heterocycles. The Bertz CT molecular complexity index is 809. The first-order valence-electron chi connectivity index (χ1n) is 7.97. The molecule has 25 heavy (non-hydrogen) atoms. The van der Waals surface area contributed by atoms with Gasteiger partial charge in [0.15, 0.2) is 0 Å². The average molecular weight is 338 g/mol. The van der Waals surface area contributed by atoms with E-state index < -0.39 is 5.92 Å². The van der Waals surface area contributed by atoms with Crippen LogP contribution in [0, 0.1) is 31.1 Å². The summed E-state index contributed by atoms with van der Waals surface area (Å²) in [6.07, 6.45) is 0.244. The van der Waals surface area contributed by atoms with Gasteiger partial charge in [0.05, 0.1) is 20.3 Å². The van der Waals surface area contributed by atoms with Crippen LogP contribution in [0.15, 0.2) is 36.4 Å². The lowest BCUT2D eigenvalue weighted by molar-refractivity contribution is -0.118. The van der Waals surface area contributed by atoms with E-state index in [0.29, 0.717) is 17.2 Å². The monoisotopic (exact) mass is 338 g/mol. The van der Waals surface area contributed by atoms with Crippen LogP contribution in [0.4, 0.5) is 5.69 Å². The second-order valence-corrected chi connectivity index (χ2v) is 5.87. The van der Waals surface area contributed by atoms with E-state index in [4.69, 9.17) is 9.47 Å². The number of aryl methyl sites for hydroxylation is 2. The van der Waals surface area contributed by atoms with Gasteiger partial charge in [0.1, 0.15) is 17.4 Å². The molecule has 0 unspecified atom stereocenters. The molecule has 0 spiro atoms. The number of nitriles is 1. The highest BCUT2D eigenvalue weighted by Gasteiger charge is 2.21. The smallest absolute Gasteiger partial charge is 0.242 e. The number of methoxy groups -OCH3 is 2. The SMILES string of the molecule is COc1ccc(OC)c(C[C@H](C#N)C(=O)Nc2ccc(C)cc2C)c1.